The number of carbonyl (C=O) groups is 1. The first-order chi connectivity index (χ1) is 10.2. The van der Waals surface area contributed by atoms with Gasteiger partial charge in [0.1, 0.15) is 10.1 Å². The summed E-state index contributed by atoms with van der Waals surface area (Å²) >= 11 is 6.31. The van der Waals surface area contributed by atoms with Crippen molar-refractivity contribution >= 4 is 51.1 Å². The molecule has 3 nitrogen and oxygen atoms in total. The molecule has 0 saturated carbocycles. The molecule has 1 heterocycles. The van der Waals surface area contributed by atoms with E-state index in [0.29, 0.717) is 15.8 Å². The number of carbonyl (C=O) groups excluding carboxylic acids is 1. The van der Waals surface area contributed by atoms with Crippen molar-refractivity contribution in [3.05, 3.63) is 46.9 Å². The van der Waals surface area contributed by atoms with Crippen LogP contribution in [0.5, 0.6) is 5.75 Å². The molecule has 1 aliphatic heterocycles. The third-order valence-electron chi connectivity index (χ3n) is 3.15. The summed E-state index contributed by atoms with van der Waals surface area (Å²) in [4.78, 5) is 12.5. The molecule has 2 aromatic rings. The number of thiocarbonyl (C=S) groups is 1. The van der Waals surface area contributed by atoms with Gasteiger partial charge in [0.15, 0.2) is 0 Å². The monoisotopic (exact) mass is 315 g/mol. The minimum atomic E-state index is -0.152. The van der Waals surface area contributed by atoms with Crippen molar-refractivity contribution in [1.29, 1.82) is 0 Å². The number of hydrogen-bond donors (Lipinski definition) is 1. The van der Waals surface area contributed by atoms with Crippen molar-refractivity contribution < 1.29 is 9.53 Å². The lowest BCUT2D eigenvalue weighted by Crippen LogP contribution is -2.17. The van der Waals surface area contributed by atoms with Crippen LogP contribution in [0.3, 0.4) is 0 Å². The molecule has 0 radical (unpaired) electrons. The average Bonchev–Trinajstić information content (AvgIpc) is 2.79. The van der Waals surface area contributed by atoms with E-state index in [1.54, 1.807) is 0 Å². The minimum absolute atomic E-state index is 0.152. The normalized spacial score (nSPS) is 16.5. The lowest BCUT2D eigenvalue weighted by atomic mass is 10.0. The molecule has 1 amide bonds. The highest BCUT2D eigenvalue weighted by Gasteiger charge is 2.23. The molecule has 1 fully saturated rings. The van der Waals surface area contributed by atoms with Gasteiger partial charge in [-0.05, 0) is 29.8 Å². The first-order valence-electron chi connectivity index (χ1n) is 6.58. The van der Waals surface area contributed by atoms with Gasteiger partial charge < -0.3 is 10.1 Å². The molecule has 0 unspecified atom stereocenters. The van der Waals surface area contributed by atoms with Gasteiger partial charge in [-0.25, -0.2) is 0 Å². The summed E-state index contributed by atoms with van der Waals surface area (Å²) < 4.78 is 6.19. The van der Waals surface area contributed by atoms with Gasteiger partial charge in [-0.3, -0.25) is 4.79 Å². The van der Waals surface area contributed by atoms with Crippen molar-refractivity contribution in [2.75, 3.05) is 6.61 Å². The summed E-state index contributed by atoms with van der Waals surface area (Å²) in [7, 11) is 0. The largest absolute Gasteiger partial charge is 0.493 e. The van der Waals surface area contributed by atoms with Gasteiger partial charge in [0, 0.05) is 5.56 Å². The van der Waals surface area contributed by atoms with Crippen LogP contribution in [0.25, 0.3) is 16.8 Å². The number of amides is 1. The van der Waals surface area contributed by atoms with E-state index in [-0.39, 0.29) is 5.91 Å². The second kappa shape index (κ2) is 5.87. The Morgan fingerprint density at radius 1 is 1.29 bits per heavy atom. The summed E-state index contributed by atoms with van der Waals surface area (Å²) in [5.41, 5.74) is 0.914. The Bertz CT molecular complexity index is 768. The Kier molecular flexibility index (Phi) is 3.94. The van der Waals surface area contributed by atoms with Crippen molar-refractivity contribution in [2.45, 2.75) is 6.92 Å². The fourth-order valence-electron chi connectivity index (χ4n) is 2.26. The third kappa shape index (κ3) is 2.80. The van der Waals surface area contributed by atoms with Crippen LogP contribution in [0, 0.1) is 0 Å². The number of ether oxygens (including phenoxy) is 1. The standard InChI is InChI=1S/C16H13NO2S2/c1-2-19-13-8-7-10-5-3-4-6-11(10)12(13)9-14-15(18)17-16(20)21-14/h3-9H,2H2,1H3,(H,17,18,20)/b14-9+. The lowest BCUT2D eigenvalue weighted by Gasteiger charge is -2.11. The van der Waals surface area contributed by atoms with Gasteiger partial charge in [-0.1, -0.05) is 54.3 Å². The Morgan fingerprint density at radius 2 is 2.10 bits per heavy atom. The van der Waals surface area contributed by atoms with Gasteiger partial charge in [-0.2, -0.15) is 0 Å². The predicted molar refractivity (Wildman–Crippen MR) is 91.4 cm³/mol. The third-order valence-corrected chi connectivity index (χ3v) is 4.31. The van der Waals surface area contributed by atoms with Crippen LogP contribution in [0.1, 0.15) is 12.5 Å². The zero-order valence-corrected chi connectivity index (χ0v) is 13.0. The van der Waals surface area contributed by atoms with Crippen molar-refractivity contribution in [3.8, 4) is 5.75 Å². The summed E-state index contributed by atoms with van der Waals surface area (Å²) in [5.74, 6) is 0.621. The fraction of sp³-hybridized carbons (Fsp3) is 0.125. The predicted octanol–water partition coefficient (Wildman–Crippen LogP) is 3.73. The molecule has 3 rings (SSSR count). The van der Waals surface area contributed by atoms with Crippen LogP contribution in [0.2, 0.25) is 0 Å². The van der Waals surface area contributed by atoms with E-state index >= 15 is 0 Å². The SMILES string of the molecule is CCOc1ccc2ccccc2c1/C=C1/SC(=S)NC1=O. The van der Waals surface area contributed by atoms with Crippen LogP contribution >= 0.6 is 24.0 Å². The van der Waals surface area contributed by atoms with Crippen LogP contribution in [-0.2, 0) is 4.79 Å². The van der Waals surface area contributed by atoms with Crippen molar-refractivity contribution in [2.24, 2.45) is 0 Å². The summed E-state index contributed by atoms with van der Waals surface area (Å²) in [6.07, 6.45) is 1.85. The molecule has 2 aromatic carbocycles. The quantitative estimate of drug-likeness (QED) is 0.692. The maximum atomic E-state index is 11.9. The molecular weight excluding hydrogens is 302 g/mol. The minimum Gasteiger partial charge on any atom is -0.493 e. The Balaban J connectivity index is 2.19. The second-order valence-corrected chi connectivity index (χ2v) is 6.20. The molecule has 0 atom stereocenters. The second-order valence-electron chi connectivity index (χ2n) is 4.48. The highest BCUT2D eigenvalue weighted by molar-refractivity contribution is 8.26. The Labute approximate surface area is 132 Å². The summed E-state index contributed by atoms with van der Waals surface area (Å²) in [6, 6.07) is 12.0. The number of rotatable bonds is 3. The molecule has 21 heavy (non-hydrogen) atoms. The van der Waals surface area contributed by atoms with Gasteiger partial charge in [0.05, 0.1) is 11.5 Å². The molecule has 1 aliphatic rings. The van der Waals surface area contributed by atoms with Crippen LogP contribution in [0.4, 0.5) is 0 Å². The van der Waals surface area contributed by atoms with Crippen LogP contribution < -0.4 is 10.1 Å². The fourth-order valence-corrected chi connectivity index (χ4v) is 3.28. The maximum Gasteiger partial charge on any atom is 0.263 e. The Morgan fingerprint density at radius 3 is 2.81 bits per heavy atom. The highest BCUT2D eigenvalue weighted by atomic mass is 32.2. The van der Waals surface area contributed by atoms with E-state index in [2.05, 4.69) is 5.32 Å². The van der Waals surface area contributed by atoms with E-state index in [1.807, 2.05) is 49.4 Å². The van der Waals surface area contributed by atoms with E-state index < -0.39 is 0 Å². The lowest BCUT2D eigenvalue weighted by molar-refractivity contribution is -0.115. The molecule has 0 aliphatic carbocycles. The first-order valence-corrected chi connectivity index (χ1v) is 7.81. The number of hydrogen-bond acceptors (Lipinski definition) is 4. The van der Waals surface area contributed by atoms with E-state index in [1.165, 1.54) is 11.8 Å². The van der Waals surface area contributed by atoms with E-state index in [4.69, 9.17) is 17.0 Å². The van der Waals surface area contributed by atoms with Crippen molar-refractivity contribution in [3.63, 3.8) is 0 Å². The topological polar surface area (TPSA) is 38.3 Å². The zero-order chi connectivity index (χ0) is 14.8. The van der Waals surface area contributed by atoms with Gasteiger partial charge in [0.2, 0.25) is 0 Å². The van der Waals surface area contributed by atoms with Gasteiger partial charge >= 0.3 is 0 Å². The number of benzene rings is 2. The molecular formula is C16H13NO2S2. The van der Waals surface area contributed by atoms with Crippen molar-refractivity contribution in [1.82, 2.24) is 5.32 Å². The highest BCUT2D eigenvalue weighted by Crippen LogP contribution is 2.34. The number of nitrogens with one attached hydrogen (secondary N) is 1. The molecule has 0 aromatic heterocycles. The average molecular weight is 315 g/mol. The maximum absolute atomic E-state index is 11.9. The molecule has 1 saturated heterocycles. The molecule has 1 N–H and O–H groups in total. The van der Waals surface area contributed by atoms with Gasteiger partial charge in [-0.15, -0.1) is 0 Å². The molecule has 5 heteroatoms. The molecule has 106 valence electrons. The van der Waals surface area contributed by atoms with Crippen LogP contribution in [-0.4, -0.2) is 16.8 Å². The van der Waals surface area contributed by atoms with Gasteiger partial charge in [0.25, 0.3) is 5.91 Å². The number of thioether (sulfide) groups is 1. The summed E-state index contributed by atoms with van der Waals surface area (Å²) in [5, 5.41) is 4.80. The smallest absolute Gasteiger partial charge is 0.263 e. The zero-order valence-electron chi connectivity index (χ0n) is 11.4. The molecule has 0 bridgehead atoms. The number of fused-ring (bicyclic) bond motifs is 1. The first kappa shape index (κ1) is 14.1. The summed E-state index contributed by atoms with van der Waals surface area (Å²) in [6.45, 7) is 2.52. The van der Waals surface area contributed by atoms with E-state index in [0.717, 1.165) is 22.1 Å². The Hall–Kier alpha value is -1.85. The van der Waals surface area contributed by atoms with Crippen LogP contribution in [0.15, 0.2) is 41.3 Å². The van der Waals surface area contributed by atoms with E-state index in [9.17, 15) is 4.79 Å². The molecule has 0 spiro atoms.